The van der Waals surface area contributed by atoms with E-state index in [1.165, 1.54) is 24.0 Å². The zero-order valence-electron chi connectivity index (χ0n) is 16.4. The maximum absolute atomic E-state index is 14.9. The van der Waals surface area contributed by atoms with E-state index >= 15 is 0 Å². The number of ketones is 1. The number of thioether (sulfide) groups is 1. The molecule has 3 N–H and O–H groups in total. The van der Waals surface area contributed by atoms with Crippen molar-refractivity contribution in [3.05, 3.63) is 64.2 Å². The number of Topliss-reactive ketones (excluding diaryl/α,β-unsaturated/α-hetero) is 1. The summed E-state index contributed by atoms with van der Waals surface area (Å²) in [5.41, 5.74) is 6.29. The summed E-state index contributed by atoms with van der Waals surface area (Å²) < 4.78 is 14.2. The van der Waals surface area contributed by atoms with Crippen molar-refractivity contribution in [2.45, 2.75) is 30.1 Å². The second-order valence-corrected chi connectivity index (χ2v) is 9.49. The minimum Gasteiger partial charge on any atom is -0.378 e. The Hall–Kier alpha value is -2.45. The highest BCUT2D eigenvalue weighted by molar-refractivity contribution is 8.15. The predicted molar refractivity (Wildman–Crippen MR) is 115 cm³/mol. The molecular formula is C21H20ClFN4O2S. The van der Waals surface area contributed by atoms with Gasteiger partial charge in [0.25, 0.3) is 0 Å². The lowest BCUT2D eigenvalue weighted by atomic mass is 9.84. The van der Waals surface area contributed by atoms with Crippen LogP contribution in [0.1, 0.15) is 35.0 Å². The third-order valence-corrected chi connectivity index (χ3v) is 7.31. The average Bonchev–Trinajstić information content (AvgIpc) is 3.45. The second-order valence-electron chi connectivity index (χ2n) is 7.70. The quantitative estimate of drug-likeness (QED) is 0.688. The number of nitrogens with zero attached hydrogens (tertiary/aromatic N) is 2. The van der Waals surface area contributed by atoms with Crippen LogP contribution in [0.2, 0.25) is 5.02 Å². The van der Waals surface area contributed by atoms with Gasteiger partial charge in [-0.25, -0.2) is 4.39 Å². The Morgan fingerprint density at radius 1 is 1.37 bits per heavy atom. The number of fused-ring (bicyclic) bond motifs is 1. The minimum atomic E-state index is -0.997. The van der Waals surface area contributed by atoms with E-state index in [0.717, 1.165) is 0 Å². The van der Waals surface area contributed by atoms with Gasteiger partial charge in [0.15, 0.2) is 11.0 Å². The number of halogens is 2. The molecule has 1 aliphatic carbocycles. The molecule has 9 heteroatoms. The number of benzene rings is 1. The van der Waals surface area contributed by atoms with Crippen LogP contribution in [0.25, 0.3) is 0 Å². The molecule has 6 nitrogen and oxygen atoms in total. The summed E-state index contributed by atoms with van der Waals surface area (Å²) >= 11 is 7.05. The SMILES string of the molecule is CNC(=O)[C@]12C[C@H]1[C@@](C)(c1cc(CC(=O)c3ccc(Cl)cn3)ccc1F)N=C(N)S2. The Morgan fingerprint density at radius 2 is 2.13 bits per heavy atom. The molecule has 2 aromatic rings. The number of amidine groups is 1. The highest BCUT2D eigenvalue weighted by atomic mass is 35.5. The van der Waals surface area contributed by atoms with Crippen LogP contribution in [0.3, 0.4) is 0 Å². The summed E-state index contributed by atoms with van der Waals surface area (Å²) in [6.45, 7) is 1.79. The van der Waals surface area contributed by atoms with Crippen LogP contribution in [0, 0.1) is 11.7 Å². The van der Waals surface area contributed by atoms with E-state index in [2.05, 4.69) is 15.3 Å². The minimum absolute atomic E-state index is 0.0528. The molecule has 30 heavy (non-hydrogen) atoms. The van der Waals surface area contributed by atoms with E-state index in [0.29, 0.717) is 22.6 Å². The van der Waals surface area contributed by atoms with E-state index in [4.69, 9.17) is 17.3 Å². The summed E-state index contributed by atoms with van der Waals surface area (Å²) in [6, 6.07) is 7.70. The Bertz CT molecular complexity index is 1080. The second kappa shape index (κ2) is 7.35. The Balaban J connectivity index is 1.67. The van der Waals surface area contributed by atoms with Gasteiger partial charge in [0.1, 0.15) is 16.3 Å². The average molecular weight is 447 g/mol. The van der Waals surface area contributed by atoms with Crippen molar-refractivity contribution in [1.82, 2.24) is 10.3 Å². The molecular weight excluding hydrogens is 427 g/mol. The largest absolute Gasteiger partial charge is 0.378 e. The fourth-order valence-corrected chi connectivity index (χ4v) is 5.71. The van der Waals surface area contributed by atoms with Gasteiger partial charge in [-0.3, -0.25) is 19.6 Å². The van der Waals surface area contributed by atoms with Crippen LogP contribution in [-0.4, -0.2) is 33.6 Å². The Morgan fingerprint density at radius 3 is 2.80 bits per heavy atom. The van der Waals surface area contributed by atoms with E-state index < -0.39 is 16.1 Å². The lowest BCUT2D eigenvalue weighted by Gasteiger charge is -2.33. The summed E-state index contributed by atoms with van der Waals surface area (Å²) in [5, 5.41) is 3.37. The number of aromatic nitrogens is 1. The molecule has 3 atom stereocenters. The zero-order valence-corrected chi connectivity index (χ0v) is 18.0. The highest BCUT2D eigenvalue weighted by Gasteiger charge is 2.70. The van der Waals surface area contributed by atoms with Crippen molar-refractivity contribution in [3.8, 4) is 0 Å². The molecule has 0 unspecified atom stereocenters. The van der Waals surface area contributed by atoms with Crippen molar-refractivity contribution >= 4 is 40.2 Å². The molecule has 2 aliphatic rings. The number of hydrogen-bond donors (Lipinski definition) is 2. The first-order chi connectivity index (χ1) is 14.2. The number of amides is 1. The molecule has 0 bridgehead atoms. The summed E-state index contributed by atoms with van der Waals surface area (Å²) in [7, 11) is 1.57. The molecule has 1 fully saturated rings. The molecule has 1 aromatic carbocycles. The van der Waals surface area contributed by atoms with E-state index in [1.807, 2.05) is 0 Å². The summed E-state index contributed by atoms with van der Waals surface area (Å²) in [5.74, 6) is -0.982. The van der Waals surface area contributed by atoms with Crippen LogP contribution < -0.4 is 11.1 Å². The molecule has 2 heterocycles. The molecule has 1 aromatic heterocycles. The monoisotopic (exact) mass is 446 g/mol. The smallest absolute Gasteiger partial charge is 0.236 e. The van der Waals surface area contributed by atoms with E-state index in [9.17, 15) is 14.0 Å². The van der Waals surface area contributed by atoms with Crippen LogP contribution in [0.15, 0.2) is 41.5 Å². The van der Waals surface area contributed by atoms with E-state index in [-0.39, 0.29) is 34.9 Å². The molecule has 0 saturated heterocycles. The number of aliphatic imine (C=N–C) groups is 1. The number of pyridine rings is 1. The van der Waals surface area contributed by atoms with Gasteiger partial charge in [0, 0.05) is 31.1 Å². The van der Waals surface area contributed by atoms with Gasteiger partial charge in [0.2, 0.25) is 5.91 Å². The van der Waals surface area contributed by atoms with Gasteiger partial charge in [0.05, 0.1) is 10.6 Å². The van der Waals surface area contributed by atoms with E-state index in [1.54, 1.807) is 38.2 Å². The molecule has 0 spiro atoms. The summed E-state index contributed by atoms with van der Waals surface area (Å²) in [6.07, 6.45) is 2.01. The van der Waals surface area contributed by atoms with Gasteiger partial charge in [-0.1, -0.05) is 29.4 Å². The van der Waals surface area contributed by atoms with Gasteiger partial charge in [-0.15, -0.1) is 0 Å². The highest BCUT2D eigenvalue weighted by Crippen LogP contribution is 2.66. The fourth-order valence-electron chi connectivity index (χ4n) is 4.17. The van der Waals surface area contributed by atoms with Gasteiger partial charge in [-0.05, 0) is 43.2 Å². The molecule has 0 radical (unpaired) electrons. The van der Waals surface area contributed by atoms with Crippen LogP contribution in [-0.2, 0) is 16.8 Å². The first kappa shape index (κ1) is 20.8. The van der Waals surface area contributed by atoms with Crippen molar-refractivity contribution < 1.29 is 14.0 Å². The number of nitrogens with one attached hydrogen (secondary N) is 1. The van der Waals surface area contributed by atoms with Crippen molar-refractivity contribution in [3.63, 3.8) is 0 Å². The first-order valence-electron chi connectivity index (χ1n) is 9.40. The molecule has 4 rings (SSSR count). The number of nitrogens with two attached hydrogens (primary N) is 1. The molecule has 1 saturated carbocycles. The van der Waals surface area contributed by atoms with Crippen LogP contribution in [0.5, 0.6) is 0 Å². The van der Waals surface area contributed by atoms with Gasteiger partial charge < -0.3 is 11.1 Å². The van der Waals surface area contributed by atoms with Crippen molar-refractivity contribution in [2.75, 3.05) is 7.05 Å². The van der Waals surface area contributed by atoms with Crippen LogP contribution in [0.4, 0.5) is 4.39 Å². The van der Waals surface area contributed by atoms with Crippen molar-refractivity contribution in [2.24, 2.45) is 16.6 Å². The standard InChI is InChI=1S/C21H20ClFN4O2S/c1-20(17-9-21(17,18(29)25-2)30-19(24)27-20)13-7-11(3-5-14(13)23)8-16(28)15-6-4-12(22)10-26-15/h3-7,10,17H,8-9H2,1-2H3,(H2,24,27)(H,25,29)/t17-,20+,21-/m0/s1. The maximum Gasteiger partial charge on any atom is 0.236 e. The number of carbonyl (C=O) groups is 2. The van der Waals surface area contributed by atoms with Crippen molar-refractivity contribution in [1.29, 1.82) is 0 Å². The maximum atomic E-state index is 14.9. The first-order valence-corrected chi connectivity index (χ1v) is 10.6. The Labute approximate surface area is 182 Å². The predicted octanol–water partition coefficient (Wildman–Crippen LogP) is 3.08. The lowest BCUT2D eigenvalue weighted by molar-refractivity contribution is -0.121. The summed E-state index contributed by atoms with van der Waals surface area (Å²) in [4.78, 5) is 33.6. The third kappa shape index (κ3) is 3.37. The third-order valence-electron chi connectivity index (χ3n) is 5.78. The lowest BCUT2D eigenvalue weighted by Crippen LogP contribution is -2.43. The Kier molecular flexibility index (Phi) is 5.10. The number of carbonyl (C=O) groups excluding carboxylic acids is 2. The molecule has 1 amide bonds. The fraction of sp³-hybridized carbons (Fsp3) is 0.333. The number of rotatable bonds is 5. The van der Waals surface area contributed by atoms with Crippen LogP contribution >= 0.6 is 23.4 Å². The zero-order chi connectivity index (χ0) is 21.7. The van der Waals surface area contributed by atoms with Gasteiger partial charge in [-0.2, -0.15) is 0 Å². The number of hydrogen-bond acceptors (Lipinski definition) is 6. The topological polar surface area (TPSA) is 97.4 Å². The normalized spacial score (nSPS) is 27.1. The molecule has 1 aliphatic heterocycles. The van der Waals surface area contributed by atoms with Gasteiger partial charge >= 0.3 is 0 Å². The molecule has 156 valence electrons.